The summed E-state index contributed by atoms with van der Waals surface area (Å²) in [6.45, 7) is 2.07. The quantitative estimate of drug-likeness (QED) is 0.695. The molecule has 102 valence electrons. The highest BCUT2D eigenvalue weighted by molar-refractivity contribution is 7.19. The van der Waals surface area contributed by atoms with Crippen LogP contribution in [0.1, 0.15) is 16.6 Å². The SMILES string of the molecule is CCOC(=O)c1sc2nccn2c1-c1ccc(F)cc1. The van der Waals surface area contributed by atoms with Crippen LogP contribution < -0.4 is 0 Å². The Labute approximate surface area is 118 Å². The lowest BCUT2D eigenvalue weighted by Gasteiger charge is -2.04. The zero-order chi connectivity index (χ0) is 14.1. The molecule has 0 fully saturated rings. The zero-order valence-corrected chi connectivity index (χ0v) is 11.5. The number of rotatable bonds is 3. The number of fused-ring (bicyclic) bond motifs is 1. The van der Waals surface area contributed by atoms with Gasteiger partial charge in [-0.25, -0.2) is 14.2 Å². The molecule has 2 heterocycles. The van der Waals surface area contributed by atoms with E-state index < -0.39 is 0 Å². The van der Waals surface area contributed by atoms with Crippen molar-refractivity contribution in [3.8, 4) is 11.3 Å². The molecule has 20 heavy (non-hydrogen) atoms. The van der Waals surface area contributed by atoms with Crippen molar-refractivity contribution in [2.24, 2.45) is 0 Å². The van der Waals surface area contributed by atoms with Gasteiger partial charge in [0.1, 0.15) is 10.7 Å². The molecule has 3 aromatic rings. The van der Waals surface area contributed by atoms with Crippen molar-refractivity contribution in [1.82, 2.24) is 9.38 Å². The lowest BCUT2D eigenvalue weighted by Crippen LogP contribution is -2.04. The molecule has 0 spiro atoms. The van der Waals surface area contributed by atoms with Crippen LogP contribution in [-0.4, -0.2) is 22.0 Å². The molecule has 4 nitrogen and oxygen atoms in total. The second kappa shape index (κ2) is 5.05. The van der Waals surface area contributed by atoms with Crippen molar-refractivity contribution >= 4 is 22.3 Å². The average molecular weight is 290 g/mol. The maximum Gasteiger partial charge on any atom is 0.350 e. The van der Waals surface area contributed by atoms with Gasteiger partial charge in [0.2, 0.25) is 0 Å². The first-order chi connectivity index (χ1) is 9.70. The molecule has 1 aromatic carbocycles. The predicted molar refractivity (Wildman–Crippen MR) is 74.4 cm³/mol. The van der Waals surface area contributed by atoms with Gasteiger partial charge in [0, 0.05) is 18.0 Å². The van der Waals surface area contributed by atoms with Crippen molar-refractivity contribution < 1.29 is 13.9 Å². The summed E-state index contributed by atoms with van der Waals surface area (Å²) in [5.74, 6) is -0.703. The molecule has 0 aliphatic carbocycles. The lowest BCUT2D eigenvalue weighted by molar-refractivity contribution is 0.0532. The second-order valence-corrected chi connectivity index (χ2v) is 5.06. The van der Waals surface area contributed by atoms with E-state index in [1.54, 1.807) is 31.5 Å². The van der Waals surface area contributed by atoms with E-state index in [0.29, 0.717) is 22.1 Å². The fraction of sp³-hybridized carbons (Fsp3) is 0.143. The number of carbonyl (C=O) groups excluding carboxylic acids is 1. The fourth-order valence-electron chi connectivity index (χ4n) is 2.00. The van der Waals surface area contributed by atoms with Gasteiger partial charge in [0.15, 0.2) is 4.96 Å². The van der Waals surface area contributed by atoms with E-state index in [4.69, 9.17) is 4.74 Å². The number of nitrogens with zero attached hydrogens (tertiary/aromatic N) is 2. The first-order valence-corrected chi connectivity index (χ1v) is 6.91. The van der Waals surface area contributed by atoms with Crippen LogP contribution in [0.2, 0.25) is 0 Å². The smallest absolute Gasteiger partial charge is 0.350 e. The van der Waals surface area contributed by atoms with Gasteiger partial charge in [-0.05, 0) is 31.2 Å². The average Bonchev–Trinajstić information content (AvgIpc) is 3.00. The van der Waals surface area contributed by atoms with Crippen LogP contribution in [0.3, 0.4) is 0 Å². The van der Waals surface area contributed by atoms with Gasteiger partial charge >= 0.3 is 5.97 Å². The molecule has 0 radical (unpaired) electrons. The Bertz CT molecular complexity index is 761. The maximum atomic E-state index is 13.1. The molecule has 0 atom stereocenters. The third kappa shape index (κ3) is 2.08. The number of hydrogen-bond donors (Lipinski definition) is 0. The molecule has 3 rings (SSSR count). The zero-order valence-electron chi connectivity index (χ0n) is 10.7. The Kier molecular flexibility index (Phi) is 3.23. The van der Waals surface area contributed by atoms with E-state index in [1.807, 2.05) is 4.40 Å². The number of halogens is 1. The summed E-state index contributed by atoms with van der Waals surface area (Å²) in [5, 5.41) is 0. The molecule has 0 aliphatic rings. The Morgan fingerprint density at radius 1 is 1.40 bits per heavy atom. The summed E-state index contributed by atoms with van der Waals surface area (Å²) in [6.07, 6.45) is 3.43. The number of hydrogen-bond acceptors (Lipinski definition) is 4. The van der Waals surface area contributed by atoms with E-state index in [0.717, 1.165) is 5.56 Å². The van der Waals surface area contributed by atoms with Crippen molar-refractivity contribution in [3.63, 3.8) is 0 Å². The molecule has 6 heteroatoms. The van der Waals surface area contributed by atoms with Crippen LogP contribution >= 0.6 is 11.3 Å². The van der Waals surface area contributed by atoms with Crippen LogP contribution in [0.5, 0.6) is 0 Å². The third-order valence-electron chi connectivity index (χ3n) is 2.83. The van der Waals surface area contributed by atoms with E-state index in [9.17, 15) is 9.18 Å². The number of thiazole rings is 1. The van der Waals surface area contributed by atoms with Crippen LogP contribution in [0, 0.1) is 5.82 Å². The summed E-state index contributed by atoms with van der Waals surface area (Å²) in [7, 11) is 0. The summed E-state index contributed by atoms with van der Waals surface area (Å²) >= 11 is 1.26. The number of ether oxygens (including phenoxy) is 1. The standard InChI is InChI=1S/C14H11FN2O2S/c1-2-19-13(18)12-11(9-3-5-10(15)6-4-9)17-8-7-16-14(17)20-12/h3-8H,2H2,1H3. The number of esters is 1. The maximum absolute atomic E-state index is 13.1. The molecule has 0 saturated heterocycles. The minimum Gasteiger partial charge on any atom is -0.462 e. The summed E-state index contributed by atoms with van der Waals surface area (Å²) in [4.78, 5) is 17.4. The molecule has 0 N–H and O–H groups in total. The summed E-state index contributed by atoms with van der Waals surface area (Å²) < 4.78 is 19.9. The van der Waals surface area contributed by atoms with Gasteiger partial charge < -0.3 is 4.74 Å². The molecular formula is C14H11FN2O2S. The summed E-state index contributed by atoms with van der Waals surface area (Å²) in [6, 6.07) is 6.01. The molecular weight excluding hydrogens is 279 g/mol. The molecule has 0 unspecified atom stereocenters. The Balaban J connectivity index is 2.20. The van der Waals surface area contributed by atoms with Gasteiger partial charge in [-0.1, -0.05) is 11.3 Å². The lowest BCUT2D eigenvalue weighted by atomic mass is 10.1. The van der Waals surface area contributed by atoms with E-state index in [-0.39, 0.29) is 11.8 Å². The molecule has 0 saturated carbocycles. The second-order valence-electron chi connectivity index (χ2n) is 4.09. The van der Waals surface area contributed by atoms with E-state index >= 15 is 0 Å². The third-order valence-corrected chi connectivity index (χ3v) is 3.88. The number of aromatic nitrogens is 2. The first-order valence-electron chi connectivity index (χ1n) is 6.09. The van der Waals surface area contributed by atoms with Crippen molar-refractivity contribution in [2.45, 2.75) is 6.92 Å². The van der Waals surface area contributed by atoms with Crippen LogP contribution in [0.25, 0.3) is 16.2 Å². The molecule has 0 bridgehead atoms. The molecule has 0 amide bonds. The highest BCUT2D eigenvalue weighted by Crippen LogP contribution is 2.32. The highest BCUT2D eigenvalue weighted by atomic mass is 32.1. The molecule has 0 aliphatic heterocycles. The Morgan fingerprint density at radius 2 is 2.15 bits per heavy atom. The van der Waals surface area contributed by atoms with Crippen molar-refractivity contribution in [3.05, 3.63) is 47.4 Å². The van der Waals surface area contributed by atoms with Gasteiger partial charge in [0.25, 0.3) is 0 Å². The number of carbonyl (C=O) groups is 1. The summed E-state index contributed by atoms with van der Waals surface area (Å²) in [5.41, 5.74) is 1.43. The van der Waals surface area contributed by atoms with Crippen molar-refractivity contribution in [1.29, 1.82) is 0 Å². The Morgan fingerprint density at radius 3 is 2.85 bits per heavy atom. The van der Waals surface area contributed by atoms with Crippen LogP contribution in [-0.2, 0) is 4.74 Å². The monoisotopic (exact) mass is 290 g/mol. The van der Waals surface area contributed by atoms with E-state index in [2.05, 4.69) is 4.98 Å². The first kappa shape index (κ1) is 12.8. The van der Waals surface area contributed by atoms with Gasteiger partial charge in [-0.15, -0.1) is 0 Å². The van der Waals surface area contributed by atoms with Gasteiger partial charge in [0.05, 0.1) is 12.3 Å². The van der Waals surface area contributed by atoms with Crippen molar-refractivity contribution in [2.75, 3.05) is 6.61 Å². The van der Waals surface area contributed by atoms with Crippen LogP contribution in [0.15, 0.2) is 36.7 Å². The minimum absolute atomic E-state index is 0.307. The number of benzene rings is 1. The highest BCUT2D eigenvalue weighted by Gasteiger charge is 2.21. The van der Waals surface area contributed by atoms with Gasteiger partial charge in [-0.2, -0.15) is 0 Å². The minimum atomic E-state index is -0.387. The number of imidazole rings is 1. The van der Waals surface area contributed by atoms with E-state index in [1.165, 1.54) is 23.5 Å². The molecule has 2 aromatic heterocycles. The topological polar surface area (TPSA) is 43.6 Å². The van der Waals surface area contributed by atoms with Crippen LogP contribution in [0.4, 0.5) is 4.39 Å². The normalized spacial score (nSPS) is 10.9. The van der Waals surface area contributed by atoms with Gasteiger partial charge in [-0.3, -0.25) is 4.40 Å². The predicted octanol–water partition coefficient (Wildman–Crippen LogP) is 3.38. The largest absolute Gasteiger partial charge is 0.462 e. The Hall–Kier alpha value is -2.21. The fourth-order valence-corrected chi connectivity index (χ4v) is 3.00.